The van der Waals surface area contributed by atoms with Gasteiger partial charge in [-0.25, -0.2) is 9.97 Å². The first-order valence-corrected chi connectivity index (χ1v) is 7.20. The van der Waals surface area contributed by atoms with Crippen molar-refractivity contribution in [3.63, 3.8) is 0 Å². The fraction of sp³-hybridized carbons (Fsp3) is 0. The minimum Gasteiger partial charge on any atom is -0.384 e. The van der Waals surface area contributed by atoms with Gasteiger partial charge >= 0.3 is 0 Å². The molecule has 0 saturated heterocycles. The summed E-state index contributed by atoms with van der Waals surface area (Å²) in [6, 6.07) is 11.6. The summed E-state index contributed by atoms with van der Waals surface area (Å²) >= 11 is 3.06. The van der Waals surface area contributed by atoms with E-state index in [0.29, 0.717) is 10.6 Å². The van der Waals surface area contributed by atoms with Crippen molar-refractivity contribution in [2.45, 2.75) is 9.37 Å². The molecule has 3 N–H and O–H groups in total. The average Bonchev–Trinajstić information content (AvgIpc) is 2.81. The fourth-order valence-electron chi connectivity index (χ4n) is 1.65. The summed E-state index contributed by atoms with van der Waals surface area (Å²) in [5.74, 6) is 0.0247. The van der Waals surface area contributed by atoms with Crippen molar-refractivity contribution in [3.8, 4) is 0 Å². The summed E-state index contributed by atoms with van der Waals surface area (Å²) < 4.78 is 2.05. The number of nitrogen functional groups attached to an aromatic ring is 1. The fourth-order valence-corrected chi connectivity index (χ4v) is 3.74. The van der Waals surface area contributed by atoms with Crippen LogP contribution < -0.4 is 5.73 Å². The van der Waals surface area contributed by atoms with Gasteiger partial charge in [0.05, 0.1) is 10.2 Å². The van der Waals surface area contributed by atoms with E-state index in [0.717, 1.165) is 14.6 Å². The SMILES string of the molecule is N=C(N)c1cccnc1Sc1nc2ccccc2s1. The smallest absolute Gasteiger partial charge is 0.157 e. The monoisotopic (exact) mass is 286 g/mol. The van der Waals surface area contributed by atoms with Crippen LogP contribution in [0.1, 0.15) is 5.56 Å². The third-order valence-corrected chi connectivity index (χ3v) is 4.64. The van der Waals surface area contributed by atoms with Crippen LogP contribution in [0.3, 0.4) is 0 Å². The normalized spacial score (nSPS) is 10.7. The number of aromatic nitrogens is 2. The van der Waals surface area contributed by atoms with Crippen molar-refractivity contribution in [2.24, 2.45) is 5.73 Å². The molecular weight excluding hydrogens is 276 g/mol. The van der Waals surface area contributed by atoms with E-state index in [1.54, 1.807) is 29.7 Å². The van der Waals surface area contributed by atoms with Gasteiger partial charge in [0.15, 0.2) is 4.34 Å². The van der Waals surface area contributed by atoms with Crippen molar-refractivity contribution in [1.29, 1.82) is 5.41 Å². The molecule has 3 rings (SSSR count). The Hall–Kier alpha value is -1.92. The maximum absolute atomic E-state index is 7.56. The van der Waals surface area contributed by atoms with Crippen LogP contribution in [0.4, 0.5) is 0 Å². The number of nitrogens with zero attached hydrogens (tertiary/aromatic N) is 2. The Morgan fingerprint density at radius 3 is 2.84 bits per heavy atom. The van der Waals surface area contributed by atoms with E-state index in [2.05, 4.69) is 9.97 Å². The van der Waals surface area contributed by atoms with E-state index in [1.807, 2.05) is 24.3 Å². The number of pyridine rings is 1. The Balaban J connectivity index is 1.99. The molecule has 94 valence electrons. The summed E-state index contributed by atoms with van der Waals surface area (Å²) in [5.41, 5.74) is 7.18. The van der Waals surface area contributed by atoms with Crippen LogP contribution in [-0.2, 0) is 0 Å². The van der Waals surface area contributed by atoms with Crippen LogP contribution in [0, 0.1) is 5.41 Å². The predicted octanol–water partition coefficient (Wildman–Crippen LogP) is 3.13. The van der Waals surface area contributed by atoms with Gasteiger partial charge in [-0.1, -0.05) is 12.1 Å². The van der Waals surface area contributed by atoms with Crippen LogP contribution in [0.15, 0.2) is 52.0 Å². The first-order chi connectivity index (χ1) is 9.24. The second-order valence-electron chi connectivity index (χ2n) is 3.82. The Morgan fingerprint density at radius 1 is 1.21 bits per heavy atom. The third-order valence-electron chi connectivity index (χ3n) is 2.52. The molecule has 1 aromatic carbocycles. The summed E-state index contributed by atoms with van der Waals surface area (Å²) in [5, 5.41) is 8.27. The number of benzene rings is 1. The lowest BCUT2D eigenvalue weighted by Crippen LogP contribution is -2.12. The number of nitrogens with two attached hydrogens (primary N) is 1. The second-order valence-corrected chi connectivity index (χ2v) is 6.09. The van der Waals surface area contributed by atoms with Crippen LogP contribution in [0.2, 0.25) is 0 Å². The lowest BCUT2D eigenvalue weighted by atomic mass is 10.3. The molecule has 0 fully saturated rings. The number of hydrogen-bond acceptors (Lipinski definition) is 5. The highest BCUT2D eigenvalue weighted by Gasteiger charge is 2.11. The molecule has 0 aliphatic carbocycles. The van der Waals surface area contributed by atoms with E-state index in [9.17, 15) is 0 Å². The van der Waals surface area contributed by atoms with Crippen molar-refractivity contribution >= 4 is 39.2 Å². The first kappa shape index (κ1) is 12.1. The highest BCUT2D eigenvalue weighted by Crippen LogP contribution is 2.34. The second kappa shape index (κ2) is 4.99. The molecule has 0 amide bonds. The molecule has 0 radical (unpaired) electrons. The summed E-state index contributed by atoms with van der Waals surface area (Å²) in [6.45, 7) is 0. The average molecular weight is 286 g/mol. The van der Waals surface area contributed by atoms with Gasteiger partial charge in [-0.15, -0.1) is 11.3 Å². The van der Waals surface area contributed by atoms with Gasteiger partial charge in [-0.05, 0) is 36.0 Å². The molecule has 0 saturated carbocycles. The Kier molecular flexibility index (Phi) is 3.18. The van der Waals surface area contributed by atoms with E-state index in [4.69, 9.17) is 11.1 Å². The van der Waals surface area contributed by atoms with Gasteiger partial charge < -0.3 is 5.73 Å². The van der Waals surface area contributed by atoms with E-state index >= 15 is 0 Å². The number of thiazole rings is 1. The van der Waals surface area contributed by atoms with Gasteiger partial charge in [0.2, 0.25) is 0 Å². The molecular formula is C13H10N4S2. The first-order valence-electron chi connectivity index (χ1n) is 5.57. The molecule has 6 heteroatoms. The molecule has 0 aliphatic rings. The van der Waals surface area contributed by atoms with Gasteiger partial charge in [-0.2, -0.15) is 0 Å². The van der Waals surface area contributed by atoms with Gasteiger partial charge in [-0.3, -0.25) is 5.41 Å². The van der Waals surface area contributed by atoms with Crippen LogP contribution >= 0.6 is 23.1 Å². The maximum Gasteiger partial charge on any atom is 0.157 e. The lowest BCUT2D eigenvalue weighted by molar-refractivity contribution is 1.11. The molecule has 0 unspecified atom stereocenters. The molecule has 2 aromatic heterocycles. The number of para-hydroxylation sites is 1. The summed E-state index contributed by atoms with van der Waals surface area (Å²) in [4.78, 5) is 8.81. The highest BCUT2D eigenvalue weighted by molar-refractivity contribution is 8.01. The topological polar surface area (TPSA) is 75.7 Å². The standard InChI is InChI=1S/C13H10N4S2/c14-11(15)8-4-3-7-16-12(8)19-13-17-9-5-1-2-6-10(9)18-13/h1-7H,(H3,14,15). The Bertz CT molecular complexity index is 718. The van der Waals surface area contributed by atoms with Crippen LogP contribution in [0.25, 0.3) is 10.2 Å². The van der Waals surface area contributed by atoms with Gasteiger partial charge in [0, 0.05) is 11.8 Å². The number of hydrogen-bond donors (Lipinski definition) is 2. The van der Waals surface area contributed by atoms with Crippen molar-refractivity contribution in [2.75, 3.05) is 0 Å². The number of amidine groups is 1. The molecule has 0 bridgehead atoms. The van der Waals surface area contributed by atoms with E-state index < -0.39 is 0 Å². The van der Waals surface area contributed by atoms with Crippen LogP contribution in [-0.4, -0.2) is 15.8 Å². The summed E-state index contributed by atoms with van der Waals surface area (Å²) in [6.07, 6.45) is 1.70. The lowest BCUT2D eigenvalue weighted by Gasteiger charge is -2.03. The largest absolute Gasteiger partial charge is 0.384 e. The molecule has 3 aromatic rings. The van der Waals surface area contributed by atoms with Gasteiger partial charge in [0.25, 0.3) is 0 Å². The Labute approximate surface area is 118 Å². The highest BCUT2D eigenvalue weighted by atomic mass is 32.2. The van der Waals surface area contributed by atoms with Crippen molar-refractivity contribution in [3.05, 3.63) is 48.2 Å². The van der Waals surface area contributed by atoms with E-state index in [-0.39, 0.29) is 5.84 Å². The third kappa shape index (κ3) is 2.45. The molecule has 0 aliphatic heterocycles. The van der Waals surface area contributed by atoms with E-state index in [1.165, 1.54) is 11.8 Å². The quantitative estimate of drug-likeness (QED) is 0.573. The molecule has 2 heterocycles. The number of nitrogens with one attached hydrogen (secondary N) is 1. The van der Waals surface area contributed by atoms with Gasteiger partial charge in [0.1, 0.15) is 10.9 Å². The summed E-state index contributed by atoms with van der Waals surface area (Å²) in [7, 11) is 0. The predicted molar refractivity (Wildman–Crippen MR) is 79.0 cm³/mol. The Morgan fingerprint density at radius 2 is 2.05 bits per heavy atom. The maximum atomic E-state index is 7.56. The zero-order chi connectivity index (χ0) is 13.2. The number of rotatable bonds is 3. The minimum absolute atomic E-state index is 0.0247. The van der Waals surface area contributed by atoms with Crippen molar-refractivity contribution < 1.29 is 0 Å². The molecule has 19 heavy (non-hydrogen) atoms. The minimum atomic E-state index is 0.0247. The van der Waals surface area contributed by atoms with Crippen molar-refractivity contribution in [1.82, 2.24) is 9.97 Å². The molecule has 0 spiro atoms. The number of fused-ring (bicyclic) bond motifs is 1. The zero-order valence-corrected chi connectivity index (χ0v) is 11.5. The molecule has 0 atom stereocenters. The zero-order valence-electron chi connectivity index (χ0n) is 9.83. The molecule has 4 nitrogen and oxygen atoms in total. The van der Waals surface area contributed by atoms with Crippen LogP contribution in [0.5, 0.6) is 0 Å².